The maximum Gasteiger partial charge on any atom is 0.220 e. The van der Waals surface area contributed by atoms with Gasteiger partial charge in [-0.1, -0.05) is 0 Å². The molecule has 2 aromatic heterocycles. The van der Waals surface area contributed by atoms with Gasteiger partial charge in [0.1, 0.15) is 11.9 Å². The molecule has 1 N–H and O–H groups in total. The quantitative estimate of drug-likeness (QED) is 0.870. The van der Waals surface area contributed by atoms with Gasteiger partial charge in [-0.05, 0) is 19.9 Å². The van der Waals surface area contributed by atoms with E-state index in [1.807, 2.05) is 18.5 Å². The van der Waals surface area contributed by atoms with Gasteiger partial charge < -0.3 is 10.1 Å². The van der Waals surface area contributed by atoms with Gasteiger partial charge in [-0.3, -0.25) is 14.4 Å². The number of aromatic nitrogens is 4. The molecule has 2 aliphatic heterocycles. The molecule has 26 heavy (non-hydrogen) atoms. The van der Waals surface area contributed by atoms with E-state index >= 15 is 0 Å². The van der Waals surface area contributed by atoms with Crippen molar-refractivity contribution in [2.24, 2.45) is 0 Å². The molecule has 8 heteroatoms. The maximum atomic E-state index is 11.1. The molecule has 138 valence electrons. The van der Waals surface area contributed by atoms with Gasteiger partial charge in [0, 0.05) is 44.2 Å². The van der Waals surface area contributed by atoms with Crippen LogP contribution >= 0.6 is 0 Å². The number of rotatable bonds is 4. The second-order valence-electron chi connectivity index (χ2n) is 7.08. The molecule has 8 nitrogen and oxygen atoms in total. The average molecular weight is 356 g/mol. The maximum absolute atomic E-state index is 11.1. The summed E-state index contributed by atoms with van der Waals surface area (Å²) >= 11 is 0. The van der Waals surface area contributed by atoms with Crippen molar-refractivity contribution in [1.29, 1.82) is 0 Å². The van der Waals surface area contributed by atoms with Crippen LogP contribution in [0.2, 0.25) is 0 Å². The minimum absolute atomic E-state index is 0.0378. The predicted octanol–water partition coefficient (Wildman–Crippen LogP) is 0.745. The summed E-state index contributed by atoms with van der Waals surface area (Å²) in [6.07, 6.45) is 0.985. The summed E-state index contributed by atoms with van der Waals surface area (Å²) in [6, 6.07) is 2.07. The van der Waals surface area contributed by atoms with Crippen LogP contribution in [0.3, 0.4) is 0 Å². The highest BCUT2D eigenvalue weighted by atomic mass is 16.5. The van der Waals surface area contributed by atoms with E-state index < -0.39 is 0 Å². The molecule has 2 aromatic rings. The average Bonchev–Trinajstić information content (AvgIpc) is 3.16. The molecule has 0 aliphatic carbocycles. The Morgan fingerprint density at radius 2 is 2.19 bits per heavy atom. The van der Waals surface area contributed by atoms with Gasteiger partial charge in [-0.15, -0.1) is 0 Å². The fraction of sp³-hybridized carbons (Fsp3) is 0.556. The Kier molecular flexibility index (Phi) is 4.36. The lowest BCUT2D eigenvalue weighted by Gasteiger charge is -2.29. The van der Waals surface area contributed by atoms with Crippen molar-refractivity contribution in [2.45, 2.75) is 52.9 Å². The molecule has 0 fully saturated rings. The van der Waals surface area contributed by atoms with Crippen LogP contribution in [0.5, 0.6) is 5.88 Å². The third-order valence-electron chi connectivity index (χ3n) is 4.91. The summed E-state index contributed by atoms with van der Waals surface area (Å²) in [6.45, 7) is 9.41. The number of carbonyl (C=O) groups is 1. The summed E-state index contributed by atoms with van der Waals surface area (Å²) in [5.74, 6) is 1.47. The molecule has 0 radical (unpaired) electrons. The van der Waals surface area contributed by atoms with Gasteiger partial charge in [0.2, 0.25) is 11.8 Å². The smallest absolute Gasteiger partial charge is 0.220 e. The van der Waals surface area contributed by atoms with E-state index in [0.717, 1.165) is 61.3 Å². The van der Waals surface area contributed by atoms with Gasteiger partial charge in [0.15, 0.2) is 0 Å². The Morgan fingerprint density at radius 1 is 1.35 bits per heavy atom. The molecule has 4 heterocycles. The summed E-state index contributed by atoms with van der Waals surface area (Å²) < 4.78 is 8.11. The van der Waals surface area contributed by atoms with E-state index in [-0.39, 0.29) is 12.0 Å². The first-order valence-corrected chi connectivity index (χ1v) is 9.01. The van der Waals surface area contributed by atoms with Crippen molar-refractivity contribution in [3.63, 3.8) is 0 Å². The van der Waals surface area contributed by atoms with Crippen molar-refractivity contribution < 1.29 is 9.53 Å². The Bertz CT molecular complexity index is 846. The molecule has 0 bridgehead atoms. The minimum atomic E-state index is -0.0378. The Labute approximate surface area is 152 Å². The first-order valence-electron chi connectivity index (χ1n) is 9.01. The topological polar surface area (TPSA) is 85.2 Å². The van der Waals surface area contributed by atoms with Crippen molar-refractivity contribution in [1.82, 2.24) is 30.0 Å². The highest BCUT2D eigenvalue weighted by Gasteiger charge is 2.29. The number of nitrogens with zero attached hydrogens (tertiary/aromatic N) is 5. The van der Waals surface area contributed by atoms with Gasteiger partial charge in [0.05, 0.1) is 24.5 Å². The van der Waals surface area contributed by atoms with Crippen molar-refractivity contribution in [2.75, 3.05) is 13.1 Å². The molecule has 4 rings (SSSR count). The van der Waals surface area contributed by atoms with Crippen molar-refractivity contribution in [3.8, 4) is 5.88 Å². The van der Waals surface area contributed by atoms with Crippen LogP contribution in [0.1, 0.15) is 35.4 Å². The molecule has 2 aliphatic rings. The molecule has 0 saturated carbocycles. The van der Waals surface area contributed by atoms with Gasteiger partial charge >= 0.3 is 0 Å². The first kappa shape index (κ1) is 17.0. The van der Waals surface area contributed by atoms with Crippen LogP contribution in [0.15, 0.2) is 6.07 Å². The standard InChI is InChI=1S/C18H24N6O2/c1-11-17-7-16(26-18(17)21-12(2)20-11)10-23-4-5-24-15(9-23)6-14(22-24)8-19-13(3)25/h6,16H,4-5,7-10H2,1-3H3,(H,19,25)/t16-/m0/s1. The van der Waals surface area contributed by atoms with E-state index in [4.69, 9.17) is 4.74 Å². The van der Waals surface area contributed by atoms with Crippen LogP contribution in [0, 0.1) is 13.8 Å². The summed E-state index contributed by atoms with van der Waals surface area (Å²) in [5.41, 5.74) is 4.25. The molecule has 0 aromatic carbocycles. The minimum Gasteiger partial charge on any atom is -0.472 e. The van der Waals surface area contributed by atoms with E-state index in [0.29, 0.717) is 6.54 Å². The third-order valence-corrected chi connectivity index (χ3v) is 4.91. The fourth-order valence-corrected chi connectivity index (χ4v) is 3.69. The Morgan fingerprint density at radius 3 is 3.00 bits per heavy atom. The Balaban J connectivity index is 1.38. The second-order valence-corrected chi connectivity index (χ2v) is 7.08. The van der Waals surface area contributed by atoms with Crippen LogP contribution in [0.4, 0.5) is 0 Å². The summed E-state index contributed by atoms with van der Waals surface area (Å²) in [5, 5.41) is 7.37. The highest BCUT2D eigenvalue weighted by Crippen LogP contribution is 2.29. The van der Waals surface area contributed by atoms with Gasteiger partial charge in [0.25, 0.3) is 0 Å². The number of aryl methyl sites for hydroxylation is 2. The highest BCUT2D eigenvalue weighted by molar-refractivity contribution is 5.72. The second kappa shape index (κ2) is 6.68. The monoisotopic (exact) mass is 356 g/mol. The lowest BCUT2D eigenvalue weighted by atomic mass is 10.1. The summed E-state index contributed by atoms with van der Waals surface area (Å²) in [4.78, 5) is 22.3. The van der Waals surface area contributed by atoms with E-state index in [1.165, 1.54) is 12.6 Å². The molecule has 1 amide bonds. The Hall–Kier alpha value is -2.48. The van der Waals surface area contributed by atoms with Crippen LogP contribution < -0.4 is 10.1 Å². The number of fused-ring (bicyclic) bond motifs is 2. The van der Waals surface area contributed by atoms with Crippen molar-refractivity contribution >= 4 is 5.91 Å². The van der Waals surface area contributed by atoms with Crippen LogP contribution in [-0.2, 0) is 30.8 Å². The number of hydrogen-bond acceptors (Lipinski definition) is 6. The van der Waals surface area contributed by atoms with Gasteiger partial charge in [-0.2, -0.15) is 10.1 Å². The first-order chi connectivity index (χ1) is 12.5. The molecular weight excluding hydrogens is 332 g/mol. The van der Waals surface area contributed by atoms with Crippen molar-refractivity contribution in [3.05, 3.63) is 34.5 Å². The third kappa shape index (κ3) is 3.41. The largest absolute Gasteiger partial charge is 0.472 e. The number of nitrogens with one attached hydrogen (secondary N) is 1. The zero-order valence-corrected chi connectivity index (χ0v) is 15.4. The van der Waals surface area contributed by atoms with Crippen LogP contribution in [-0.4, -0.2) is 49.7 Å². The lowest BCUT2D eigenvalue weighted by Crippen LogP contribution is -2.40. The predicted molar refractivity (Wildman–Crippen MR) is 94.7 cm³/mol. The lowest BCUT2D eigenvalue weighted by molar-refractivity contribution is -0.119. The van der Waals surface area contributed by atoms with Crippen LogP contribution in [0.25, 0.3) is 0 Å². The fourth-order valence-electron chi connectivity index (χ4n) is 3.69. The number of carbonyl (C=O) groups excluding carboxylic acids is 1. The number of ether oxygens (including phenoxy) is 1. The van der Waals surface area contributed by atoms with E-state index in [2.05, 4.69) is 31.3 Å². The number of amides is 1. The molecule has 0 spiro atoms. The molecule has 1 atom stereocenters. The molecule has 0 saturated heterocycles. The number of hydrogen-bond donors (Lipinski definition) is 1. The van der Waals surface area contributed by atoms with Gasteiger partial charge in [-0.25, -0.2) is 4.98 Å². The zero-order chi connectivity index (χ0) is 18.3. The van der Waals surface area contributed by atoms with E-state index in [9.17, 15) is 4.79 Å². The molecular formula is C18H24N6O2. The summed E-state index contributed by atoms with van der Waals surface area (Å²) in [7, 11) is 0. The molecule has 0 unspecified atom stereocenters. The zero-order valence-electron chi connectivity index (χ0n) is 15.4. The SMILES string of the molecule is CC(=O)NCc1cc2n(n1)CCN(C[C@@H]1Cc3c(C)nc(C)nc3O1)C2. The van der Waals surface area contributed by atoms with E-state index in [1.54, 1.807) is 0 Å². The normalized spacial score (nSPS) is 19.0.